The summed E-state index contributed by atoms with van der Waals surface area (Å²) in [5.74, 6) is 0.0731. The van der Waals surface area contributed by atoms with E-state index in [-0.39, 0.29) is 5.91 Å². The monoisotopic (exact) mass is 256 g/mol. The molecule has 0 saturated carbocycles. The number of piperazine rings is 1. The topological polar surface area (TPSA) is 52.2 Å². The van der Waals surface area contributed by atoms with E-state index in [1.54, 1.807) is 0 Å². The van der Waals surface area contributed by atoms with Crippen LogP contribution in [0.25, 0.3) is 10.9 Å². The molecule has 0 aliphatic carbocycles. The van der Waals surface area contributed by atoms with Gasteiger partial charge < -0.3 is 4.90 Å². The first-order valence-electron chi connectivity index (χ1n) is 6.79. The van der Waals surface area contributed by atoms with E-state index in [0.29, 0.717) is 11.7 Å². The fourth-order valence-corrected chi connectivity index (χ4v) is 3.23. The third-order valence-electron chi connectivity index (χ3n) is 4.28. The van der Waals surface area contributed by atoms with Crippen LogP contribution in [0, 0.1) is 0 Å². The molecule has 0 radical (unpaired) electrons. The molecule has 19 heavy (non-hydrogen) atoms. The number of nitrogens with one attached hydrogen (secondary N) is 1. The van der Waals surface area contributed by atoms with Crippen LogP contribution in [0.5, 0.6) is 0 Å². The smallest absolute Gasteiger partial charge is 0.275 e. The summed E-state index contributed by atoms with van der Waals surface area (Å²) in [5, 5.41) is 8.09. The highest BCUT2D eigenvalue weighted by atomic mass is 16.2. The van der Waals surface area contributed by atoms with E-state index >= 15 is 0 Å². The second-order valence-electron chi connectivity index (χ2n) is 5.36. The van der Waals surface area contributed by atoms with Crippen molar-refractivity contribution in [2.24, 2.45) is 0 Å². The zero-order chi connectivity index (χ0) is 12.8. The van der Waals surface area contributed by atoms with E-state index in [4.69, 9.17) is 0 Å². The molecule has 2 fully saturated rings. The van der Waals surface area contributed by atoms with Crippen LogP contribution in [0.15, 0.2) is 24.3 Å². The number of H-pyrrole nitrogens is 1. The molecule has 2 aliphatic heterocycles. The molecule has 2 saturated heterocycles. The molecule has 3 heterocycles. The first-order valence-corrected chi connectivity index (χ1v) is 6.79. The quantitative estimate of drug-likeness (QED) is 0.831. The number of aromatic amines is 1. The van der Waals surface area contributed by atoms with Gasteiger partial charge in [-0.3, -0.25) is 14.8 Å². The number of hydrogen-bond donors (Lipinski definition) is 1. The average molecular weight is 256 g/mol. The van der Waals surface area contributed by atoms with E-state index in [0.717, 1.165) is 43.5 Å². The zero-order valence-electron chi connectivity index (χ0n) is 10.7. The predicted octanol–water partition coefficient (Wildman–Crippen LogP) is 1.09. The molecule has 0 spiro atoms. The predicted molar refractivity (Wildman–Crippen MR) is 72.0 cm³/mol. The average Bonchev–Trinajstić information content (AvgIpc) is 3.03. The maximum Gasteiger partial charge on any atom is 0.275 e. The maximum absolute atomic E-state index is 12.7. The maximum atomic E-state index is 12.7. The summed E-state index contributed by atoms with van der Waals surface area (Å²) in [6, 6.07) is 8.17. The Bertz CT molecular complexity index is 635. The minimum absolute atomic E-state index is 0.0731. The molecule has 2 unspecified atom stereocenters. The van der Waals surface area contributed by atoms with Gasteiger partial charge in [0.15, 0.2) is 5.69 Å². The second-order valence-corrected chi connectivity index (χ2v) is 5.36. The van der Waals surface area contributed by atoms with Crippen LogP contribution >= 0.6 is 0 Å². The number of rotatable bonds is 1. The Morgan fingerprint density at radius 3 is 3.11 bits per heavy atom. The largest absolute Gasteiger partial charge is 0.332 e. The first kappa shape index (κ1) is 11.0. The van der Waals surface area contributed by atoms with Crippen molar-refractivity contribution < 1.29 is 4.79 Å². The lowest BCUT2D eigenvalue weighted by Gasteiger charge is -2.33. The molecule has 2 bridgehead atoms. The van der Waals surface area contributed by atoms with Crippen molar-refractivity contribution in [3.63, 3.8) is 0 Å². The number of carbonyl (C=O) groups excluding carboxylic acids is 1. The molecule has 2 aromatic rings. The van der Waals surface area contributed by atoms with Crippen LogP contribution < -0.4 is 0 Å². The van der Waals surface area contributed by atoms with Crippen molar-refractivity contribution in [3.8, 4) is 0 Å². The Morgan fingerprint density at radius 1 is 1.26 bits per heavy atom. The van der Waals surface area contributed by atoms with Crippen molar-refractivity contribution >= 4 is 16.8 Å². The normalized spacial score (nSPS) is 26.0. The number of hydrogen-bond acceptors (Lipinski definition) is 3. The third-order valence-corrected chi connectivity index (χ3v) is 4.28. The fraction of sp³-hybridized carbons (Fsp3) is 0.429. The number of carbonyl (C=O) groups is 1. The van der Waals surface area contributed by atoms with Gasteiger partial charge in [-0.1, -0.05) is 18.2 Å². The molecular weight excluding hydrogens is 240 g/mol. The summed E-state index contributed by atoms with van der Waals surface area (Å²) in [6.07, 6.45) is 1.09. The van der Waals surface area contributed by atoms with Gasteiger partial charge in [0.25, 0.3) is 5.91 Å². The van der Waals surface area contributed by atoms with Gasteiger partial charge in [-0.2, -0.15) is 5.10 Å². The molecule has 1 amide bonds. The van der Waals surface area contributed by atoms with E-state index in [1.165, 1.54) is 0 Å². The highest BCUT2D eigenvalue weighted by Crippen LogP contribution is 2.24. The Morgan fingerprint density at radius 2 is 2.16 bits per heavy atom. The Hall–Kier alpha value is -1.88. The molecule has 2 atom stereocenters. The van der Waals surface area contributed by atoms with E-state index < -0.39 is 0 Å². The van der Waals surface area contributed by atoms with Crippen molar-refractivity contribution in [2.45, 2.75) is 12.5 Å². The minimum atomic E-state index is 0.0731. The van der Waals surface area contributed by atoms with Crippen molar-refractivity contribution in [2.75, 3.05) is 26.2 Å². The summed E-state index contributed by atoms with van der Waals surface area (Å²) in [6.45, 7) is 3.96. The van der Waals surface area contributed by atoms with Gasteiger partial charge in [-0.05, 0) is 12.5 Å². The van der Waals surface area contributed by atoms with Gasteiger partial charge in [0.2, 0.25) is 0 Å². The van der Waals surface area contributed by atoms with Crippen LogP contribution in [-0.4, -0.2) is 58.1 Å². The number of benzene rings is 1. The van der Waals surface area contributed by atoms with Crippen molar-refractivity contribution in [1.29, 1.82) is 0 Å². The molecule has 4 rings (SSSR count). The van der Waals surface area contributed by atoms with Crippen LogP contribution in [0.4, 0.5) is 0 Å². The van der Waals surface area contributed by atoms with E-state index in [9.17, 15) is 4.79 Å². The van der Waals surface area contributed by atoms with Crippen molar-refractivity contribution in [1.82, 2.24) is 20.0 Å². The number of amides is 1. The highest BCUT2D eigenvalue weighted by molar-refractivity contribution is 6.04. The first-order chi connectivity index (χ1) is 9.33. The lowest BCUT2D eigenvalue weighted by molar-refractivity contribution is 0.0605. The van der Waals surface area contributed by atoms with Gasteiger partial charge >= 0.3 is 0 Å². The summed E-state index contributed by atoms with van der Waals surface area (Å²) >= 11 is 0. The molecule has 5 heteroatoms. The van der Waals surface area contributed by atoms with E-state index in [2.05, 4.69) is 15.1 Å². The second kappa shape index (κ2) is 4.06. The molecule has 98 valence electrons. The Labute approximate surface area is 111 Å². The Kier molecular flexibility index (Phi) is 2.35. The molecule has 5 nitrogen and oxygen atoms in total. The van der Waals surface area contributed by atoms with Gasteiger partial charge in [0, 0.05) is 37.6 Å². The lowest BCUT2D eigenvalue weighted by atomic mass is 10.1. The molecule has 1 aromatic carbocycles. The lowest BCUT2D eigenvalue weighted by Crippen LogP contribution is -2.49. The van der Waals surface area contributed by atoms with Gasteiger partial charge in [0.05, 0.1) is 5.52 Å². The number of para-hydroxylation sites is 1. The van der Waals surface area contributed by atoms with Gasteiger partial charge in [-0.15, -0.1) is 0 Å². The zero-order valence-corrected chi connectivity index (χ0v) is 10.7. The third kappa shape index (κ3) is 1.65. The van der Waals surface area contributed by atoms with Gasteiger partial charge in [0.1, 0.15) is 0 Å². The molecule has 2 aliphatic rings. The molecular formula is C14H16N4O. The minimum Gasteiger partial charge on any atom is -0.332 e. The van der Waals surface area contributed by atoms with Crippen LogP contribution in [-0.2, 0) is 0 Å². The number of aromatic nitrogens is 2. The molecule has 1 N–H and O–H groups in total. The summed E-state index contributed by atoms with van der Waals surface area (Å²) in [5.41, 5.74) is 1.49. The SMILES string of the molecule is O=C(c1n[nH]c2ccccc12)N1CCN2CCC1C2. The molecule has 1 aromatic heterocycles. The van der Waals surface area contributed by atoms with Crippen LogP contribution in [0.1, 0.15) is 16.9 Å². The number of fused-ring (bicyclic) bond motifs is 3. The highest BCUT2D eigenvalue weighted by Gasteiger charge is 2.36. The number of nitrogens with zero attached hydrogens (tertiary/aromatic N) is 3. The van der Waals surface area contributed by atoms with E-state index in [1.807, 2.05) is 29.2 Å². The van der Waals surface area contributed by atoms with Gasteiger partial charge in [-0.25, -0.2) is 0 Å². The summed E-state index contributed by atoms with van der Waals surface area (Å²) < 4.78 is 0. The summed E-state index contributed by atoms with van der Waals surface area (Å²) in [7, 11) is 0. The van der Waals surface area contributed by atoms with Crippen LogP contribution in [0.3, 0.4) is 0 Å². The fourth-order valence-electron chi connectivity index (χ4n) is 3.23. The Balaban J connectivity index is 1.70. The summed E-state index contributed by atoms with van der Waals surface area (Å²) in [4.78, 5) is 17.1. The van der Waals surface area contributed by atoms with Crippen LogP contribution in [0.2, 0.25) is 0 Å². The van der Waals surface area contributed by atoms with Crippen molar-refractivity contribution in [3.05, 3.63) is 30.0 Å². The standard InChI is InChI=1S/C14H16N4O/c19-14(18-8-7-17-6-5-10(18)9-17)13-11-3-1-2-4-12(11)15-16-13/h1-4,10H,5-9H2,(H,15,16).